The number of nitrogens with one attached hydrogen (secondary N) is 1. The Morgan fingerprint density at radius 3 is 2.92 bits per heavy atom. The minimum Gasteiger partial charge on any atom is -0.396 e. The van der Waals surface area contributed by atoms with Gasteiger partial charge < -0.3 is 11.1 Å². The summed E-state index contributed by atoms with van der Waals surface area (Å²) < 4.78 is 1.52. The number of nitrogen functional groups attached to an aromatic ring is 1. The molecule has 66 valence electrons. The second kappa shape index (κ2) is 3.25. The zero-order chi connectivity index (χ0) is 9.14. The van der Waals surface area contributed by atoms with E-state index in [9.17, 15) is 4.79 Å². The van der Waals surface area contributed by atoms with Crippen molar-refractivity contribution < 1.29 is 4.79 Å². The van der Waals surface area contributed by atoms with E-state index < -0.39 is 0 Å². The van der Waals surface area contributed by atoms with E-state index in [2.05, 4.69) is 10.4 Å². The fraction of sp³-hybridized carbons (Fsp3) is 0.429. The van der Waals surface area contributed by atoms with Gasteiger partial charge in [0.05, 0.1) is 11.4 Å². The number of hydrogen-bond acceptors (Lipinski definition) is 3. The molecule has 1 aromatic heterocycles. The van der Waals surface area contributed by atoms with Crippen molar-refractivity contribution in [2.24, 2.45) is 0 Å². The average molecular weight is 168 g/mol. The summed E-state index contributed by atoms with van der Waals surface area (Å²) in [7, 11) is 1.59. The van der Waals surface area contributed by atoms with Crippen LogP contribution in [0.3, 0.4) is 0 Å². The van der Waals surface area contributed by atoms with Crippen LogP contribution in [-0.2, 0) is 11.3 Å². The first-order valence-electron chi connectivity index (χ1n) is 3.63. The minimum absolute atomic E-state index is 0.0856. The molecule has 0 aliphatic rings. The molecule has 0 fully saturated rings. The molecule has 0 bridgehead atoms. The summed E-state index contributed by atoms with van der Waals surface area (Å²) in [6.07, 6.45) is 1.64. The van der Waals surface area contributed by atoms with Crippen LogP contribution >= 0.6 is 0 Å². The van der Waals surface area contributed by atoms with E-state index in [0.29, 0.717) is 5.69 Å². The predicted molar refractivity (Wildman–Crippen MR) is 45.4 cm³/mol. The zero-order valence-corrected chi connectivity index (χ0v) is 7.16. The molecule has 5 nitrogen and oxygen atoms in total. The van der Waals surface area contributed by atoms with Gasteiger partial charge >= 0.3 is 0 Å². The Labute approximate surface area is 70.5 Å². The van der Waals surface area contributed by atoms with E-state index in [-0.39, 0.29) is 12.5 Å². The molecule has 0 radical (unpaired) electrons. The van der Waals surface area contributed by atoms with Crippen LogP contribution in [0.25, 0.3) is 0 Å². The number of nitrogens with zero attached hydrogens (tertiary/aromatic N) is 2. The summed E-state index contributed by atoms with van der Waals surface area (Å²) in [5.74, 6) is -0.0856. The van der Waals surface area contributed by atoms with Crippen LogP contribution in [0.5, 0.6) is 0 Å². The topological polar surface area (TPSA) is 72.9 Å². The average Bonchev–Trinajstić information content (AvgIpc) is 2.31. The normalized spacial score (nSPS) is 9.83. The number of likely N-dealkylation sites (N-methyl/N-ethyl adjacent to an activating group) is 1. The maximum absolute atomic E-state index is 10.9. The maximum Gasteiger partial charge on any atom is 0.241 e. The third-order valence-electron chi connectivity index (χ3n) is 1.57. The van der Waals surface area contributed by atoms with Crippen molar-refractivity contribution in [1.82, 2.24) is 15.1 Å². The fourth-order valence-electron chi connectivity index (χ4n) is 0.840. The number of anilines is 1. The fourth-order valence-corrected chi connectivity index (χ4v) is 0.840. The van der Waals surface area contributed by atoms with Gasteiger partial charge in [0.15, 0.2) is 0 Å². The van der Waals surface area contributed by atoms with E-state index in [4.69, 9.17) is 5.73 Å². The summed E-state index contributed by atoms with van der Waals surface area (Å²) in [6, 6.07) is 0. The lowest BCUT2D eigenvalue weighted by atomic mass is 10.4. The number of rotatable bonds is 2. The highest BCUT2D eigenvalue weighted by molar-refractivity contribution is 5.75. The summed E-state index contributed by atoms with van der Waals surface area (Å²) in [4.78, 5) is 10.9. The summed E-state index contributed by atoms with van der Waals surface area (Å²) in [5, 5.41) is 6.53. The first-order chi connectivity index (χ1) is 5.63. The third kappa shape index (κ3) is 1.75. The Hall–Kier alpha value is -1.52. The maximum atomic E-state index is 10.9. The van der Waals surface area contributed by atoms with Crippen molar-refractivity contribution in [1.29, 1.82) is 0 Å². The van der Waals surface area contributed by atoms with E-state index in [1.54, 1.807) is 20.2 Å². The Kier molecular flexibility index (Phi) is 2.32. The molecule has 0 saturated carbocycles. The number of amides is 1. The minimum atomic E-state index is -0.0856. The molecular weight excluding hydrogens is 156 g/mol. The summed E-state index contributed by atoms with van der Waals surface area (Å²) in [5.41, 5.74) is 6.90. The summed E-state index contributed by atoms with van der Waals surface area (Å²) >= 11 is 0. The van der Waals surface area contributed by atoms with Crippen molar-refractivity contribution in [2.75, 3.05) is 12.8 Å². The van der Waals surface area contributed by atoms with E-state index in [0.717, 1.165) is 5.69 Å². The Bertz CT molecular complexity index is 272. The second-order valence-corrected chi connectivity index (χ2v) is 2.54. The molecule has 12 heavy (non-hydrogen) atoms. The first-order valence-corrected chi connectivity index (χ1v) is 3.63. The zero-order valence-electron chi connectivity index (χ0n) is 7.16. The largest absolute Gasteiger partial charge is 0.396 e. The van der Waals surface area contributed by atoms with E-state index in [1.165, 1.54) is 4.68 Å². The Morgan fingerprint density at radius 1 is 1.83 bits per heavy atom. The van der Waals surface area contributed by atoms with Crippen LogP contribution in [0, 0.1) is 6.92 Å². The van der Waals surface area contributed by atoms with E-state index in [1.807, 2.05) is 0 Å². The lowest BCUT2D eigenvalue weighted by Crippen LogP contribution is -2.23. The highest BCUT2D eigenvalue weighted by Crippen LogP contribution is 2.05. The van der Waals surface area contributed by atoms with Gasteiger partial charge in [-0.25, -0.2) is 0 Å². The molecule has 1 rings (SSSR count). The second-order valence-electron chi connectivity index (χ2n) is 2.54. The molecule has 0 aliphatic carbocycles. The molecule has 0 aliphatic heterocycles. The number of carbonyl (C=O) groups excluding carboxylic acids is 1. The Morgan fingerprint density at radius 2 is 2.50 bits per heavy atom. The first kappa shape index (κ1) is 8.58. The highest BCUT2D eigenvalue weighted by atomic mass is 16.1. The number of aromatic nitrogens is 2. The highest BCUT2D eigenvalue weighted by Gasteiger charge is 2.03. The van der Waals surface area contributed by atoms with Crippen molar-refractivity contribution in [3.05, 3.63) is 11.9 Å². The lowest BCUT2D eigenvalue weighted by molar-refractivity contribution is -0.121. The molecule has 0 unspecified atom stereocenters. The standard InChI is InChI=1S/C7H12N4O/c1-5-6(8)3-11(10-5)4-7(12)9-2/h3H,4,8H2,1-2H3,(H,9,12). The molecular formula is C7H12N4O. The molecule has 0 aromatic carbocycles. The number of aryl methyl sites for hydroxylation is 1. The van der Waals surface area contributed by atoms with Gasteiger partial charge in [0.25, 0.3) is 0 Å². The van der Waals surface area contributed by atoms with Crippen LogP contribution in [-0.4, -0.2) is 22.7 Å². The SMILES string of the molecule is CNC(=O)Cn1cc(N)c(C)n1. The van der Waals surface area contributed by atoms with Crippen LogP contribution in [0.4, 0.5) is 5.69 Å². The van der Waals surface area contributed by atoms with E-state index >= 15 is 0 Å². The molecule has 0 spiro atoms. The van der Waals surface area contributed by atoms with Crippen molar-refractivity contribution in [3.8, 4) is 0 Å². The van der Waals surface area contributed by atoms with Crippen molar-refractivity contribution in [2.45, 2.75) is 13.5 Å². The number of hydrogen-bond donors (Lipinski definition) is 2. The summed E-state index contributed by atoms with van der Waals surface area (Å²) in [6.45, 7) is 2.02. The van der Waals surface area contributed by atoms with Gasteiger partial charge in [0, 0.05) is 13.2 Å². The van der Waals surface area contributed by atoms with Crippen LogP contribution in [0.1, 0.15) is 5.69 Å². The molecule has 1 aromatic rings. The molecule has 3 N–H and O–H groups in total. The number of carbonyl (C=O) groups is 1. The number of nitrogens with two attached hydrogens (primary N) is 1. The monoisotopic (exact) mass is 168 g/mol. The predicted octanol–water partition coefficient (Wildman–Crippen LogP) is -0.480. The van der Waals surface area contributed by atoms with Crippen LogP contribution < -0.4 is 11.1 Å². The molecule has 0 saturated heterocycles. The smallest absolute Gasteiger partial charge is 0.241 e. The van der Waals surface area contributed by atoms with Gasteiger partial charge in [0.2, 0.25) is 5.91 Å². The molecule has 1 heterocycles. The third-order valence-corrected chi connectivity index (χ3v) is 1.57. The Balaban J connectivity index is 2.70. The van der Waals surface area contributed by atoms with Crippen molar-refractivity contribution >= 4 is 11.6 Å². The van der Waals surface area contributed by atoms with Crippen LogP contribution in [0.15, 0.2) is 6.20 Å². The lowest BCUT2D eigenvalue weighted by Gasteiger charge is -1.98. The van der Waals surface area contributed by atoms with Gasteiger partial charge in [-0.15, -0.1) is 0 Å². The van der Waals surface area contributed by atoms with Gasteiger partial charge in [-0.3, -0.25) is 9.48 Å². The van der Waals surface area contributed by atoms with Gasteiger partial charge in [-0.2, -0.15) is 5.10 Å². The molecule has 1 amide bonds. The van der Waals surface area contributed by atoms with Gasteiger partial charge in [0.1, 0.15) is 6.54 Å². The van der Waals surface area contributed by atoms with Gasteiger partial charge in [-0.05, 0) is 6.92 Å². The quantitative estimate of drug-likeness (QED) is 0.626. The molecule has 0 atom stereocenters. The van der Waals surface area contributed by atoms with Crippen molar-refractivity contribution in [3.63, 3.8) is 0 Å². The molecule has 5 heteroatoms. The van der Waals surface area contributed by atoms with Crippen LogP contribution in [0.2, 0.25) is 0 Å². The van der Waals surface area contributed by atoms with Gasteiger partial charge in [-0.1, -0.05) is 0 Å².